The summed E-state index contributed by atoms with van der Waals surface area (Å²) in [6.45, 7) is 9.81. The number of benzene rings is 1. The molecule has 0 aliphatic carbocycles. The quantitative estimate of drug-likeness (QED) is 0.502. The third-order valence-electron chi connectivity index (χ3n) is 2.50. The number of hydrogen-bond donors (Lipinski definition) is 0. The van der Waals surface area contributed by atoms with E-state index in [9.17, 15) is 0 Å². The van der Waals surface area contributed by atoms with Gasteiger partial charge in [-0.1, -0.05) is 43.8 Å². The summed E-state index contributed by atoms with van der Waals surface area (Å²) in [5, 5.41) is 8.19. The SMILES string of the molecule is C=C(/C=C\C)N=N/C(C)=C/c1ccccc1CC. The Labute approximate surface area is 109 Å². The van der Waals surface area contributed by atoms with Crippen LogP contribution in [0.3, 0.4) is 0 Å². The van der Waals surface area contributed by atoms with Crippen molar-refractivity contribution in [2.75, 3.05) is 0 Å². The molecule has 1 aromatic carbocycles. The smallest absolute Gasteiger partial charge is 0.0782 e. The topological polar surface area (TPSA) is 24.7 Å². The first kappa shape index (κ1) is 14.1. The zero-order valence-electron chi connectivity index (χ0n) is 11.4. The molecule has 0 saturated heterocycles. The molecule has 1 rings (SSSR count). The van der Waals surface area contributed by atoms with Crippen molar-refractivity contribution in [1.29, 1.82) is 0 Å². The van der Waals surface area contributed by atoms with Gasteiger partial charge in [-0.15, -0.1) is 0 Å². The highest BCUT2D eigenvalue weighted by atomic mass is 15.1. The predicted molar refractivity (Wildman–Crippen MR) is 78.3 cm³/mol. The van der Waals surface area contributed by atoms with E-state index in [4.69, 9.17) is 0 Å². The minimum Gasteiger partial charge on any atom is -0.155 e. The first-order valence-corrected chi connectivity index (χ1v) is 6.17. The van der Waals surface area contributed by atoms with Gasteiger partial charge in [0.05, 0.1) is 11.4 Å². The van der Waals surface area contributed by atoms with Gasteiger partial charge in [-0.3, -0.25) is 0 Å². The van der Waals surface area contributed by atoms with Crippen molar-refractivity contribution < 1.29 is 0 Å². The summed E-state index contributed by atoms with van der Waals surface area (Å²) >= 11 is 0. The van der Waals surface area contributed by atoms with Crippen LogP contribution in [0.2, 0.25) is 0 Å². The maximum absolute atomic E-state index is 4.15. The van der Waals surface area contributed by atoms with Gasteiger partial charge in [0.15, 0.2) is 0 Å². The van der Waals surface area contributed by atoms with E-state index in [0.717, 1.165) is 12.1 Å². The highest BCUT2D eigenvalue weighted by Gasteiger charge is 1.96. The van der Waals surface area contributed by atoms with E-state index >= 15 is 0 Å². The van der Waals surface area contributed by atoms with Gasteiger partial charge in [0.2, 0.25) is 0 Å². The van der Waals surface area contributed by atoms with Crippen molar-refractivity contribution >= 4 is 6.08 Å². The minimum atomic E-state index is 0.661. The van der Waals surface area contributed by atoms with E-state index in [1.54, 1.807) is 0 Å². The second-order valence-corrected chi connectivity index (χ2v) is 4.03. The van der Waals surface area contributed by atoms with Gasteiger partial charge in [-0.2, -0.15) is 10.2 Å². The molecule has 18 heavy (non-hydrogen) atoms. The summed E-state index contributed by atoms with van der Waals surface area (Å²) in [5.74, 6) is 0. The monoisotopic (exact) mass is 240 g/mol. The molecule has 2 heteroatoms. The fraction of sp³-hybridized carbons (Fsp3) is 0.250. The van der Waals surface area contributed by atoms with Gasteiger partial charge in [0.1, 0.15) is 0 Å². The number of nitrogens with zero attached hydrogens (tertiary/aromatic N) is 2. The van der Waals surface area contributed by atoms with Gasteiger partial charge in [0.25, 0.3) is 0 Å². The van der Waals surface area contributed by atoms with Crippen LogP contribution >= 0.6 is 0 Å². The highest BCUT2D eigenvalue weighted by molar-refractivity contribution is 5.56. The molecule has 0 unspecified atom stereocenters. The largest absolute Gasteiger partial charge is 0.155 e. The van der Waals surface area contributed by atoms with Crippen molar-refractivity contribution in [2.24, 2.45) is 10.2 Å². The zero-order chi connectivity index (χ0) is 13.4. The van der Waals surface area contributed by atoms with Gasteiger partial charge >= 0.3 is 0 Å². The van der Waals surface area contributed by atoms with Gasteiger partial charge in [0, 0.05) is 0 Å². The molecule has 94 valence electrons. The van der Waals surface area contributed by atoms with Crippen LogP contribution in [0.5, 0.6) is 0 Å². The lowest BCUT2D eigenvalue weighted by atomic mass is 10.0. The minimum absolute atomic E-state index is 0.661. The van der Waals surface area contributed by atoms with Crippen molar-refractivity contribution in [3.05, 3.63) is 65.5 Å². The molecule has 0 spiro atoms. The van der Waals surface area contributed by atoms with Crippen molar-refractivity contribution in [2.45, 2.75) is 27.2 Å². The van der Waals surface area contributed by atoms with Crippen molar-refractivity contribution in [3.63, 3.8) is 0 Å². The Morgan fingerprint density at radius 2 is 2.00 bits per heavy atom. The molecule has 0 heterocycles. The molecule has 0 saturated carbocycles. The van der Waals surface area contributed by atoms with E-state index in [2.05, 4.69) is 41.9 Å². The molecule has 0 aliphatic rings. The lowest BCUT2D eigenvalue weighted by Gasteiger charge is -2.02. The molecule has 0 aliphatic heterocycles. The summed E-state index contributed by atoms with van der Waals surface area (Å²) in [6.07, 6.45) is 6.79. The Morgan fingerprint density at radius 1 is 1.28 bits per heavy atom. The Balaban J connectivity index is 2.86. The van der Waals surface area contributed by atoms with E-state index < -0.39 is 0 Å². The molecule has 0 fully saturated rings. The van der Waals surface area contributed by atoms with Gasteiger partial charge < -0.3 is 0 Å². The zero-order valence-corrected chi connectivity index (χ0v) is 11.4. The fourth-order valence-corrected chi connectivity index (χ4v) is 1.62. The molecule has 0 aromatic heterocycles. The number of hydrogen-bond acceptors (Lipinski definition) is 2. The lowest BCUT2D eigenvalue weighted by molar-refractivity contribution is 1.09. The second-order valence-electron chi connectivity index (χ2n) is 4.03. The van der Waals surface area contributed by atoms with Crippen LogP contribution in [0.15, 0.2) is 64.6 Å². The first-order chi connectivity index (χ1) is 8.67. The van der Waals surface area contributed by atoms with Crippen molar-refractivity contribution in [1.82, 2.24) is 0 Å². The van der Waals surface area contributed by atoms with E-state index in [0.29, 0.717) is 5.70 Å². The highest BCUT2D eigenvalue weighted by Crippen LogP contribution is 2.14. The second kappa shape index (κ2) is 7.38. The van der Waals surface area contributed by atoms with E-state index in [-0.39, 0.29) is 0 Å². The molecular formula is C16H20N2. The Kier molecular flexibility index (Phi) is 5.78. The fourth-order valence-electron chi connectivity index (χ4n) is 1.62. The Hall–Kier alpha value is -1.96. The summed E-state index contributed by atoms with van der Waals surface area (Å²) < 4.78 is 0. The summed E-state index contributed by atoms with van der Waals surface area (Å²) in [5.41, 5.74) is 4.06. The van der Waals surface area contributed by atoms with Crippen LogP contribution in [0.25, 0.3) is 6.08 Å². The summed E-state index contributed by atoms with van der Waals surface area (Å²) in [4.78, 5) is 0. The maximum atomic E-state index is 4.15. The number of allylic oxidation sites excluding steroid dienone is 3. The Bertz CT molecular complexity index is 494. The van der Waals surface area contributed by atoms with Crippen LogP contribution in [0.1, 0.15) is 31.9 Å². The Morgan fingerprint density at radius 3 is 2.67 bits per heavy atom. The number of azo groups is 1. The number of rotatable bonds is 5. The molecule has 0 radical (unpaired) electrons. The average Bonchev–Trinajstić information content (AvgIpc) is 2.37. The standard InChI is InChI=1S/C16H20N2/c1-5-9-13(3)17-18-14(4)12-16-11-8-7-10-15(16)6-2/h5,7-12H,3,6H2,1-2,4H3/b9-5-,14-12+,18-17?. The number of aryl methyl sites for hydroxylation is 1. The van der Waals surface area contributed by atoms with Crippen LogP contribution in [-0.4, -0.2) is 0 Å². The van der Waals surface area contributed by atoms with Gasteiger partial charge in [-0.05, 0) is 43.5 Å². The average molecular weight is 240 g/mol. The van der Waals surface area contributed by atoms with Crippen molar-refractivity contribution in [3.8, 4) is 0 Å². The summed E-state index contributed by atoms with van der Waals surface area (Å²) in [6, 6.07) is 8.32. The molecule has 0 atom stereocenters. The molecule has 0 amide bonds. The predicted octanol–water partition coefficient (Wildman–Crippen LogP) is 5.15. The maximum Gasteiger partial charge on any atom is 0.0782 e. The molecular weight excluding hydrogens is 220 g/mol. The van der Waals surface area contributed by atoms with E-state index in [1.807, 2.05) is 38.1 Å². The van der Waals surface area contributed by atoms with Crippen LogP contribution in [-0.2, 0) is 6.42 Å². The third kappa shape index (κ3) is 4.50. The summed E-state index contributed by atoms with van der Waals surface area (Å²) in [7, 11) is 0. The third-order valence-corrected chi connectivity index (χ3v) is 2.50. The van der Waals surface area contributed by atoms with Crippen LogP contribution in [0, 0.1) is 0 Å². The van der Waals surface area contributed by atoms with E-state index in [1.165, 1.54) is 11.1 Å². The van der Waals surface area contributed by atoms with Crippen LogP contribution in [0.4, 0.5) is 0 Å². The normalized spacial score (nSPS) is 12.5. The first-order valence-electron chi connectivity index (χ1n) is 6.17. The molecule has 2 nitrogen and oxygen atoms in total. The van der Waals surface area contributed by atoms with Gasteiger partial charge in [-0.25, -0.2) is 0 Å². The molecule has 0 N–H and O–H groups in total. The molecule has 0 bridgehead atoms. The lowest BCUT2D eigenvalue weighted by Crippen LogP contribution is -1.85. The molecule has 1 aromatic rings. The van der Waals surface area contributed by atoms with Crippen LogP contribution < -0.4 is 0 Å².